The molecule has 67 valence electrons. The molecule has 0 atom stereocenters. The molecular formula is C13H8Br. The molecule has 0 aliphatic heterocycles. The van der Waals surface area contributed by atoms with E-state index in [1.54, 1.807) is 0 Å². The summed E-state index contributed by atoms with van der Waals surface area (Å²) in [6, 6.07) is 16.1. The van der Waals surface area contributed by atoms with E-state index in [1.165, 1.54) is 22.3 Å². The third-order valence-electron chi connectivity index (χ3n) is 2.67. The van der Waals surface area contributed by atoms with E-state index in [2.05, 4.69) is 58.4 Å². The summed E-state index contributed by atoms with van der Waals surface area (Å²) in [5.41, 5.74) is 5.42. The molecule has 0 saturated carbocycles. The summed E-state index contributed by atoms with van der Waals surface area (Å²) in [4.78, 5) is 0. The smallest absolute Gasteiger partial charge is 0.0257 e. The summed E-state index contributed by atoms with van der Waals surface area (Å²) in [6.07, 6.45) is 1.02. The van der Waals surface area contributed by atoms with E-state index < -0.39 is 0 Å². The molecule has 0 spiro atoms. The number of halogens is 1. The number of benzene rings is 2. The Hall–Kier alpha value is -1.08. The van der Waals surface area contributed by atoms with Gasteiger partial charge in [-0.3, -0.25) is 0 Å². The van der Waals surface area contributed by atoms with E-state index in [0.29, 0.717) is 0 Å². The second kappa shape index (κ2) is 2.96. The van der Waals surface area contributed by atoms with Crippen molar-refractivity contribution in [3.63, 3.8) is 0 Å². The highest BCUT2D eigenvalue weighted by atomic mass is 79.9. The molecule has 2 aromatic carbocycles. The second-order valence-electron chi connectivity index (χ2n) is 3.53. The largest absolute Gasteiger partial charge is 0.0619 e. The zero-order valence-corrected chi connectivity index (χ0v) is 9.14. The topological polar surface area (TPSA) is 0 Å². The molecule has 0 saturated heterocycles. The van der Waals surface area contributed by atoms with Crippen LogP contribution in [0.15, 0.2) is 40.9 Å². The Morgan fingerprint density at radius 2 is 1.86 bits per heavy atom. The van der Waals surface area contributed by atoms with E-state index in [-0.39, 0.29) is 0 Å². The number of hydrogen-bond donors (Lipinski definition) is 0. The van der Waals surface area contributed by atoms with Crippen molar-refractivity contribution in [3.8, 4) is 11.1 Å². The van der Waals surface area contributed by atoms with Gasteiger partial charge in [-0.1, -0.05) is 46.3 Å². The molecule has 1 aliphatic rings. The summed E-state index contributed by atoms with van der Waals surface area (Å²) in [5, 5.41) is 0. The first-order valence-corrected chi connectivity index (χ1v) is 5.43. The van der Waals surface area contributed by atoms with E-state index in [4.69, 9.17) is 0 Å². The molecule has 1 aliphatic carbocycles. The maximum absolute atomic E-state index is 3.45. The van der Waals surface area contributed by atoms with Crippen molar-refractivity contribution >= 4 is 15.9 Å². The lowest BCUT2D eigenvalue weighted by Crippen LogP contribution is -1.79. The molecule has 0 nitrogen and oxygen atoms in total. The lowest BCUT2D eigenvalue weighted by atomic mass is 10.1. The minimum atomic E-state index is 1.02. The summed E-state index contributed by atoms with van der Waals surface area (Å²) in [5.74, 6) is 0. The molecule has 0 amide bonds. The van der Waals surface area contributed by atoms with Crippen molar-refractivity contribution in [2.45, 2.75) is 6.42 Å². The predicted molar refractivity (Wildman–Crippen MR) is 61.2 cm³/mol. The minimum Gasteiger partial charge on any atom is -0.0619 e. The van der Waals surface area contributed by atoms with Gasteiger partial charge in [0.15, 0.2) is 0 Å². The lowest BCUT2D eigenvalue weighted by Gasteiger charge is -1.99. The summed E-state index contributed by atoms with van der Waals surface area (Å²) in [7, 11) is 0. The van der Waals surface area contributed by atoms with Gasteiger partial charge >= 0.3 is 0 Å². The number of fused-ring (bicyclic) bond motifs is 3. The van der Waals surface area contributed by atoms with Crippen LogP contribution in [-0.4, -0.2) is 0 Å². The van der Waals surface area contributed by atoms with Crippen LogP contribution in [0, 0.1) is 6.07 Å². The van der Waals surface area contributed by atoms with Gasteiger partial charge in [-0.2, -0.15) is 0 Å². The van der Waals surface area contributed by atoms with Crippen LogP contribution < -0.4 is 0 Å². The average molecular weight is 244 g/mol. The van der Waals surface area contributed by atoms with Gasteiger partial charge in [-0.25, -0.2) is 0 Å². The molecule has 0 N–H and O–H groups in total. The Bertz CT molecular complexity index is 500. The van der Waals surface area contributed by atoms with Crippen LogP contribution in [-0.2, 0) is 6.42 Å². The van der Waals surface area contributed by atoms with E-state index >= 15 is 0 Å². The Morgan fingerprint density at radius 3 is 2.79 bits per heavy atom. The zero-order chi connectivity index (χ0) is 9.54. The molecule has 0 fully saturated rings. The average Bonchev–Trinajstić information content (AvgIpc) is 2.54. The van der Waals surface area contributed by atoms with Crippen LogP contribution in [0.2, 0.25) is 0 Å². The highest BCUT2D eigenvalue weighted by Crippen LogP contribution is 2.36. The SMILES string of the molecule is Brc1[c]c2c(cc1)-c1ccccc1C2. The second-order valence-corrected chi connectivity index (χ2v) is 4.39. The summed E-state index contributed by atoms with van der Waals surface area (Å²) < 4.78 is 1.05. The maximum atomic E-state index is 3.45. The number of hydrogen-bond acceptors (Lipinski definition) is 0. The first-order valence-electron chi connectivity index (χ1n) is 4.63. The quantitative estimate of drug-likeness (QED) is 0.564. The van der Waals surface area contributed by atoms with E-state index in [1.807, 2.05) is 0 Å². The van der Waals surface area contributed by atoms with Crippen molar-refractivity contribution in [3.05, 3.63) is 58.1 Å². The third-order valence-corrected chi connectivity index (χ3v) is 3.13. The molecule has 1 radical (unpaired) electrons. The van der Waals surface area contributed by atoms with Crippen molar-refractivity contribution < 1.29 is 0 Å². The monoisotopic (exact) mass is 243 g/mol. The Kier molecular flexibility index (Phi) is 1.74. The Morgan fingerprint density at radius 1 is 1.00 bits per heavy atom. The third kappa shape index (κ3) is 1.12. The highest BCUT2D eigenvalue weighted by Gasteiger charge is 2.17. The van der Waals surface area contributed by atoms with Crippen molar-refractivity contribution in [1.82, 2.24) is 0 Å². The van der Waals surface area contributed by atoms with Crippen molar-refractivity contribution in [2.75, 3.05) is 0 Å². The van der Waals surface area contributed by atoms with Gasteiger partial charge in [0.05, 0.1) is 0 Å². The summed E-state index contributed by atoms with van der Waals surface area (Å²) in [6.45, 7) is 0. The zero-order valence-electron chi connectivity index (χ0n) is 7.55. The fourth-order valence-corrected chi connectivity index (χ4v) is 2.40. The van der Waals surface area contributed by atoms with Crippen molar-refractivity contribution in [1.29, 1.82) is 0 Å². The first-order chi connectivity index (χ1) is 6.84. The van der Waals surface area contributed by atoms with Crippen LogP contribution in [0.4, 0.5) is 0 Å². The fraction of sp³-hybridized carbons (Fsp3) is 0.0769. The minimum absolute atomic E-state index is 1.02. The molecule has 0 bridgehead atoms. The van der Waals surface area contributed by atoms with Gasteiger partial charge in [0.2, 0.25) is 0 Å². The van der Waals surface area contributed by atoms with Crippen LogP contribution >= 0.6 is 15.9 Å². The van der Waals surface area contributed by atoms with E-state index in [9.17, 15) is 0 Å². The fourth-order valence-electron chi connectivity index (χ4n) is 2.03. The maximum Gasteiger partial charge on any atom is 0.0257 e. The molecule has 0 aromatic heterocycles. The van der Waals surface area contributed by atoms with Crippen LogP contribution in [0.5, 0.6) is 0 Å². The first kappa shape index (κ1) is 8.25. The van der Waals surface area contributed by atoms with Crippen LogP contribution in [0.1, 0.15) is 11.1 Å². The van der Waals surface area contributed by atoms with Crippen LogP contribution in [0.25, 0.3) is 11.1 Å². The van der Waals surface area contributed by atoms with Gasteiger partial charge in [0, 0.05) is 10.5 Å². The van der Waals surface area contributed by atoms with Gasteiger partial charge in [0.1, 0.15) is 0 Å². The van der Waals surface area contributed by atoms with Crippen LogP contribution in [0.3, 0.4) is 0 Å². The lowest BCUT2D eigenvalue weighted by molar-refractivity contribution is 1.25. The molecule has 14 heavy (non-hydrogen) atoms. The van der Waals surface area contributed by atoms with E-state index in [0.717, 1.165) is 10.9 Å². The molecule has 0 heterocycles. The van der Waals surface area contributed by atoms with Gasteiger partial charge < -0.3 is 0 Å². The molecule has 3 rings (SSSR count). The van der Waals surface area contributed by atoms with Gasteiger partial charge in [-0.15, -0.1) is 0 Å². The molecule has 2 aromatic rings. The van der Waals surface area contributed by atoms with Crippen molar-refractivity contribution in [2.24, 2.45) is 0 Å². The molecule has 1 heteroatoms. The predicted octanol–water partition coefficient (Wildman–Crippen LogP) is 3.82. The standard InChI is InChI=1S/C13H8Br/c14-11-5-6-13-10(8-11)7-9-3-1-2-4-12(9)13/h1-6H,7H2. The molecule has 0 unspecified atom stereocenters. The number of rotatable bonds is 0. The molecular weight excluding hydrogens is 236 g/mol. The summed E-state index contributed by atoms with van der Waals surface area (Å²) >= 11 is 3.45. The van der Waals surface area contributed by atoms with Gasteiger partial charge in [-0.05, 0) is 34.7 Å². The normalized spacial score (nSPS) is 12.4. The highest BCUT2D eigenvalue weighted by molar-refractivity contribution is 9.10. The Labute approximate surface area is 91.7 Å². The van der Waals surface area contributed by atoms with Gasteiger partial charge in [0.25, 0.3) is 0 Å². The Balaban J connectivity index is 2.27.